The Morgan fingerprint density at radius 1 is 1.47 bits per heavy atom. The summed E-state index contributed by atoms with van der Waals surface area (Å²) in [5, 5.41) is 6.37. The van der Waals surface area contributed by atoms with Gasteiger partial charge in [0.05, 0.1) is 5.25 Å². The summed E-state index contributed by atoms with van der Waals surface area (Å²) in [5.74, 6) is 0. The first-order chi connectivity index (χ1) is 6.52. The van der Waals surface area contributed by atoms with Gasteiger partial charge in [0, 0.05) is 6.54 Å². The lowest BCUT2D eigenvalue weighted by Crippen LogP contribution is -2.40. The second-order valence-corrected chi connectivity index (χ2v) is 6.27. The molecule has 0 spiro atoms. The smallest absolute Gasteiger partial charge is 0.407 e. The lowest BCUT2D eigenvalue weighted by atomic mass is 10.2. The Morgan fingerprint density at radius 3 is 2.27 bits per heavy atom. The second-order valence-electron chi connectivity index (χ2n) is 4.28. The Bertz CT molecular complexity index is 318. The number of rotatable bonds is 3. The number of ether oxygens (including phenoxy) is 1. The largest absolute Gasteiger partial charge is 0.444 e. The predicted octanol–water partition coefficient (Wildman–Crippen LogP) is 0.188. The van der Waals surface area contributed by atoms with Crippen molar-refractivity contribution in [2.45, 2.75) is 38.5 Å². The van der Waals surface area contributed by atoms with Gasteiger partial charge in [0.2, 0.25) is 10.0 Å². The van der Waals surface area contributed by atoms with E-state index in [-0.39, 0.29) is 6.54 Å². The number of alkyl carbamates (subject to hydrolysis) is 1. The van der Waals surface area contributed by atoms with Crippen LogP contribution in [0.3, 0.4) is 0 Å². The van der Waals surface area contributed by atoms with Crippen molar-refractivity contribution in [2.75, 3.05) is 6.54 Å². The molecular weight excluding hydrogens is 220 g/mol. The summed E-state index contributed by atoms with van der Waals surface area (Å²) in [5.41, 5.74) is -0.602. The molecule has 1 atom stereocenters. The van der Waals surface area contributed by atoms with Crippen LogP contribution >= 0.6 is 0 Å². The second kappa shape index (κ2) is 4.80. The summed E-state index contributed by atoms with van der Waals surface area (Å²) in [6, 6.07) is 0. The van der Waals surface area contributed by atoms with Crippen LogP contribution in [0.5, 0.6) is 0 Å². The van der Waals surface area contributed by atoms with E-state index in [1.165, 1.54) is 6.92 Å². The number of hydrogen-bond acceptors (Lipinski definition) is 4. The van der Waals surface area contributed by atoms with E-state index in [9.17, 15) is 13.2 Å². The molecular formula is C8H18N2O4S. The molecule has 0 saturated carbocycles. The maximum atomic E-state index is 11.1. The van der Waals surface area contributed by atoms with Crippen molar-refractivity contribution in [2.24, 2.45) is 5.14 Å². The monoisotopic (exact) mass is 238 g/mol. The predicted molar refractivity (Wildman–Crippen MR) is 56.8 cm³/mol. The molecule has 0 rings (SSSR count). The van der Waals surface area contributed by atoms with E-state index in [1.54, 1.807) is 20.8 Å². The zero-order chi connectivity index (χ0) is 12.3. The molecule has 0 aliphatic heterocycles. The highest BCUT2D eigenvalue weighted by atomic mass is 32.2. The Kier molecular flexibility index (Phi) is 4.54. The summed E-state index contributed by atoms with van der Waals surface area (Å²) in [6.07, 6.45) is -0.655. The summed E-state index contributed by atoms with van der Waals surface area (Å²) < 4.78 is 26.5. The summed E-state index contributed by atoms with van der Waals surface area (Å²) in [6.45, 7) is 6.50. The summed E-state index contributed by atoms with van der Waals surface area (Å²) >= 11 is 0. The number of sulfonamides is 1. The Morgan fingerprint density at radius 2 is 1.93 bits per heavy atom. The quantitative estimate of drug-likeness (QED) is 0.733. The zero-order valence-corrected chi connectivity index (χ0v) is 10.2. The number of carbonyl (C=O) groups excluding carboxylic acids is 1. The fourth-order valence-electron chi connectivity index (χ4n) is 0.657. The van der Waals surface area contributed by atoms with Crippen LogP contribution in [-0.2, 0) is 14.8 Å². The number of amides is 1. The van der Waals surface area contributed by atoms with Crippen molar-refractivity contribution < 1.29 is 17.9 Å². The molecule has 15 heavy (non-hydrogen) atoms. The van der Waals surface area contributed by atoms with Gasteiger partial charge in [0.15, 0.2) is 0 Å². The van der Waals surface area contributed by atoms with Crippen molar-refractivity contribution in [3.8, 4) is 0 Å². The average molecular weight is 238 g/mol. The van der Waals surface area contributed by atoms with Gasteiger partial charge >= 0.3 is 6.09 Å². The van der Waals surface area contributed by atoms with Gasteiger partial charge in [-0.25, -0.2) is 18.4 Å². The van der Waals surface area contributed by atoms with E-state index in [0.29, 0.717) is 0 Å². The van der Waals surface area contributed by atoms with Crippen LogP contribution in [0.4, 0.5) is 4.79 Å². The first-order valence-corrected chi connectivity index (χ1v) is 6.12. The molecule has 90 valence electrons. The molecule has 0 aromatic carbocycles. The lowest BCUT2D eigenvalue weighted by Gasteiger charge is -2.20. The van der Waals surface area contributed by atoms with Crippen molar-refractivity contribution in [1.82, 2.24) is 5.32 Å². The van der Waals surface area contributed by atoms with Crippen LogP contribution < -0.4 is 10.5 Å². The number of nitrogens with two attached hydrogens (primary N) is 1. The number of primary sulfonamides is 1. The highest BCUT2D eigenvalue weighted by Gasteiger charge is 2.19. The fourth-order valence-corrected chi connectivity index (χ4v) is 0.973. The van der Waals surface area contributed by atoms with Gasteiger partial charge in [0.1, 0.15) is 5.60 Å². The minimum Gasteiger partial charge on any atom is -0.444 e. The molecule has 7 heteroatoms. The molecule has 0 radical (unpaired) electrons. The van der Waals surface area contributed by atoms with Crippen molar-refractivity contribution in [3.05, 3.63) is 0 Å². The fraction of sp³-hybridized carbons (Fsp3) is 0.875. The average Bonchev–Trinajstić information content (AvgIpc) is 1.94. The normalized spacial score (nSPS) is 14.5. The Labute approximate surface area is 90.2 Å². The van der Waals surface area contributed by atoms with Crippen LogP contribution in [0.2, 0.25) is 0 Å². The van der Waals surface area contributed by atoms with Gasteiger partial charge in [0.25, 0.3) is 0 Å². The first-order valence-electron chi connectivity index (χ1n) is 4.51. The molecule has 0 saturated heterocycles. The SMILES string of the molecule is C[C@@H](CNC(=O)OC(C)(C)C)S(N)(=O)=O. The van der Waals surface area contributed by atoms with Crippen LogP contribution in [0.15, 0.2) is 0 Å². The molecule has 0 fully saturated rings. The molecule has 0 unspecified atom stereocenters. The van der Waals surface area contributed by atoms with E-state index in [2.05, 4.69) is 5.32 Å². The van der Waals surface area contributed by atoms with Gasteiger partial charge in [-0.2, -0.15) is 0 Å². The van der Waals surface area contributed by atoms with Gasteiger partial charge in [-0.05, 0) is 27.7 Å². The highest BCUT2D eigenvalue weighted by molar-refractivity contribution is 7.89. The van der Waals surface area contributed by atoms with E-state index in [1.807, 2.05) is 0 Å². The number of nitrogens with one attached hydrogen (secondary N) is 1. The van der Waals surface area contributed by atoms with Crippen LogP contribution in [0.1, 0.15) is 27.7 Å². The highest BCUT2D eigenvalue weighted by Crippen LogP contribution is 2.06. The zero-order valence-electron chi connectivity index (χ0n) is 9.40. The topological polar surface area (TPSA) is 98.5 Å². The van der Waals surface area contributed by atoms with Gasteiger partial charge in [-0.1, -0.05) is 0 Å². The van der Waals surface area contributed by atoms with Gasteiger partial charge in [-0.15, -0.1) is 0 Å². The van der Waals surface area contributed by atoms with Crippen LogP contribution in [-0.4, -0.2) is 31.9 Å². The Balaban J connectivity index is 4.03. The van der Waals surface area contributed by atoms with E-state index >= 15 is 0 Å². The molecule has 6 nitrogen and oxygen atoms in total. The lowest BCUT2D eigenvalue weighted by molar-refractivity contribution is 0.0528. The molecule has 1 amide bonds. The van der Waals surface area contributed by atoms with Crippen LogP contribution in [0, 0.1) is 0 Å². The maximum Gasteiger partial charge on any atom is 0.407 e. The minimum atomic E-state index is -3.61. The third kappa shape index (κ3) is 7.15. The number of carbonyl (C=O) groups is 1. The molecule has 0 aliphatic rings. The third-order valence-corrected chi connectivity index (χ3v) is 2.78. The maximum absolute atomic E-state index is 11.1. The molecule has 0 heterocycles. The molecule has 0 aromatic heterocycles. The van der Waals surface area contributed by atoms with Crippen LogP contribution in [0.25, 0.3) is 0 Å². The molecule has 0 aromatic rings. The third-order valence-electron chi connectivity index (χ3n) is 1.49. The molecule has 3 N–H and O–H groups in total. The first kappa shape index (κ1) is 14.2. The summed E-state index contributed by atoms with van der Waals surface area (Å²) in [4.78, 5) is 11.1. The molecule has 0 aliphatic carbocycles. The van der Waals surface area contributed by atoms with E-state index < -0.39 is 27.0 Å². The van der Waals surface area contributed by atoms with Crippen molar-refractivity contribution in [1.29, 1.82) is 0 Å². The van der Waals surface area contributed by atoms with Gasteiger partial charge < -0.3 is 10.1 Å². The van der Waals surface area contributed by atoms with E-state index in [0.717, 1.165) is 0 Å². The minimum absolute atomic E-state index is 0.0618. The molecule has 0 bridgehead atoms. The Hall–Kier alpha value is -0.820. The van der Waals surface area contributed by atoms with Crippen molar-refractivity contribution in [3.63, 3.8) is 0 Å². The van der Waals surface area contributed by atoms with E-state index in [4.69, 9.17) is 9.88 Å². The number of hydrogen-bond donors (Lipinski definition) is 2. The standard InChI is InChI=1S/C8H18N2O4S/c1-6(15(9,12)13)5-10-7(11)14-8(2,3)4/h6H,5H2,1-4H3,(H,10,11)(H2,9,12,13)/t6-/m0/s1. The van der Waals surface area contributed by atoms with Gasteiger partial charge in [-0.3, -0.25) is 0 Å². The van der Waals surface area contributed by atoms with Crippen molar-refractivity contribution >= 4 is 16.1 Å². The summed E-state index contributed by atoms with van der Waals surface area (Å²) in [7, 11) is -3.61.